The predicted octanol–water partition coefficient (Wildman–Crippen LogP) is 1.85. The average molecular weight is 492 g/mol. The highest BCUT2D eigenvalue weighted by Crippen LogP contribution is 2.40. The molecule has 4 saturated heterocycles. The number of carbonyl (C=O) groups excluding carboxylic acids is 2. The van der Waals surface area contributed by atoms with Crippen LogP contribution < -0.4 is 11.1 Å². The lowest BCUT2D eigenvalue weighted by atomic mass is 9.84. The van der Waals surface area contributed by atoms with E-state index in [0.717, 1.165) is 6.54 Å². The van der Waals surface area contributed by atoms with Gasteiger partial charge in [-0.1, -0.05) is 13.0 Å². The Morgan fingerprint density at radius 2 is 2.06 bits per heavy atom. The number of hydrogen-bond acceptors (Lipinski definition) is 8. The van der Waals surface area contributed by atoms with E-state index in [2.05, 4.69) is 15.2 Å². The first-order chi connectivity index (χ1) is 15.8. The monoisotopic (exact) mass is 491 g/mol. The number of carboxylic acids is 1. The molecule has 4 fully saturated rings. The molecule has 1 aromatic heterocycles. The number of amides is 2. The van der Waals surface area contributed by atoms with Gasteiger partial charge in [0, 0.05) is 23.7 Å². The number of aromatic nitrogens is 1. The second kappa shape index (κ2) is 9.86. The highest BCUT2D eigenvalue weighted by molar-refractivity contribution is 8.00. The summed E-state index contributed by atoms with van der Waals surface area (Å²) in [5, 5.41) is 14.4. The zero-order chi connectivity index (χ0) is 23.7. The SMILES string of the molecule is C/C=C(\C(=O)NC1CN2CCC1CC2)c1csc(N)n1.CC1C(=O)N2C(C(=O)O)=CCS[C@@H]12. The number of fused-ring (bicyclic) bond motifs is 4. The summed E-state index contributed by atoms with van der Waals surface area (Å²) in [5.41, 5.74) is 7.09. The number of rotatable bonds is 4. The van der Waals surface area contributed by atoms with Crippen molar-refractivity contribution in [3.05, 3.63) is 28.9 Å². The molecule has 0 aliphatic carbocycles. The number of allylic oxidation sites excluding steroid dienone is 1. The van der Waals surface area contributed by atoms with Crippen LogP contribution in [0.2, 0.25) is 0 Å². The van der Waals surface area contributed by atoms with Gasteiger partial charge in [0.15, 0.2) is 5.13 Å². The van der Waals surface area contributed by atoms with Crippen LogP contribution in [-0.4, -0.2) is 74.5 Å². The van der Waals surface area contributed by atoms with Crippen molar-refractivity contribution in [1.29, 1.82) is 0 Å². The minimum Gasteiger partial charge on any atom is -0.477 e. The van der Waals surface area contributed by atoms with Gasteiger partial charge in [-0.2, -0.15) is 0 Å². The minimum absolute atomic E-state index is 0.0310. The fourth-order valence-electron chi connectivity index (χ4n) is 4.78. The Hall–Kier alpha value is -2.37. The highest BCUT2D eigenvalue weighted by atomic mass is 32.2. The van der Waals surface area contributed by atoms with Crippen LogP contribution in [0.25, 0.3) is 5.57 Å². The minimum atomic E-state index is -1.01. The van der Waals surface area contributed by atoms with Crippen LogP contribution in [0.5, 0.6) is 0 Å². The lowest BCUT2D eigenvalue weighted by Crippen LogP contribution is -2.59. The molecule has 3 atom stereocenters. The summed E-state index contributed by atoms with van der Waals surface area (Å²) in [6, 6.07) is 0.274. The van der Waals surface area contributed by atoms with Crippen LogP contribution in [0.3, 0.4) is 0 Å². The van der Waals surface area contributed by atoms with E-state index in [0.29, 0.717) is 28.1 Å². The molecule has 1 aromatic rings. The summed E-state index contributed by atoms with van der Waals surface area (Å²) in [4.78, 5) is 42.5. The van der Waals surface area contributed by atoms with E-state index in [9.17, 15) is 14.4 Å². The topological polar surface area (TPSA) is 129 Å². The van der Waals surface area contributed by atoms with Crippen LogP contribution in [0, 0.1) is 11.8 Å². The van der Waals surface area contributed by atoms with Crippen molar-refractivity contribution in [2.24, 2.45) is 11.8 Å². The van der Waals surface area contributed by atoms with Gasteiger partial charge in [-0.25, -0.2) is 9.78 Å². The van der Waals surface area contributed by atoms with Crippen molar-refractivity contribution in [3.63, 3.8) is 0 Å². The standard InChI is InChI=1S/C14H20N4OS.C8H9NO3S/c1-2-10(12-8-20-14(15)17-12)13(19)16-11-7-18-5-3-9(11)4-6-18;1-4-6(10)9-5(8(11)12)2-3-13-7(4)9/h2,8-9,11H,3-7H2,1H3,(H2,15,17)(H,16,19);2,4,7H,3H2,1H3,(H,11,12)/b10-2-;/t;4?,7-/m.0/s1. The molecule has 2 amide bonds. The number of thiazole rings is 1. The van der Waals surface area contributed by atoms with E-state index >= 15 is 0 Å². The second-order valence-electron chi connectivity index (χ2n) is 8.61. The third-order valence-corrected chi connectivity index (χ3v) is 8.63. The van der Waals surface area contributed by atoms with Crippen molar-refractivity contribution in [3.8, 4) is 0 Å². The number of nitrogens with zero attached hydrogens (tertiary/aromatic N) is 3. The summed E-state index contributed by atoms with van der Waals surface area (Å²) in [7, 11) is 0. The number of anilines is 1. The molecule has 9 nitrogen and oxygen atoms in total. The fraction of sp³-hybridized carbons (Fsp3) is 0.545. The Bertz CT molecular complexity index is 999. The molecule has 33 heavy (non-hydrogen) atoms. The Morgan fingerprint density at radius 3 is 2.61 bits per heavy atom. The fourth-order valence-corrected chi connectivity index (χ4v) is 6.56. The van der Waals surface area contributed by atoms with Crippen LogP contribution in [0.4, 0.5) is 5.13 Å². The zero-order valence-corrected chi connectivity index (χ0v) is 20.3. The quantitative estimate of drug-likeness (QED) is 0.430. The predicted molar refractivity (Wildman–Crippen MR) is 129 cm³/mol. The van der Waals surface area contributed by atoms with Crippen molar-refractivity contribution >= 4 is 51.6 Å². The molecule has 0 saturated carbocycles. The molecule has 4 N–H and O–H groups in total. The summed E-state index contributed by atoms with van der Waals surface area (Å²) < 4.78 is 0. The van der Waals surface area contributed by atoms with Gasteiger partial charge in [0.05, 0.1) is 22.6 Å². The maximum Gasteiger partial charge on any atom is 0.352 e. The second-order valence-corrected chi connectivity index (χ2v) is 10.6. The number of nitrogen functional groups attached to an aromatic ring is 1. The molecule has 178 valence electrons. The van der Waals surface area contributed by atoms with Crippen molar-refractivity contribution < 1.29 is 19.5 Å². The molecule has 2 unspecified atom stereocenters. The molecule has 2 bridgehead atoms. The van der Waals surface area contributed by atoms with Gasteiger partial charge >= 0.3 is 5.97 Å². The molecule has 11 heteroatoms. The summed E-state index contributed by atoms with van der Waals surface area (Å²) in [5.74, 6) is 0.156. The van der Waals surface area contributed by atoms with E-state index in [1.54, 1.807) is 17.8 Å². The van der Waals surface area contributed by atoms with E-state index < -0.39 is 5.97 Å². The number of hydrogen-bond donors (Lipinski definition) is 3. The van der Waals surface area contributed by atoms with Crippen LogP contribution >= 0.6 is 23.1 Å². The smallest absolute Gasteiger partial charge is 0.352 e. The lowest BCUT2D eigenvalue weighted by molar-refractivity contribution is -0.151. The van der Waals surface area contributed by atoms with Gasteiger partial charge in [0.2, 0.25) is 5.91 Å². The van der Waals surface area contributed by atoms with E-state index in [4.69, 9.17) is 10.8 Å². The van der Waals surface area contributed by atoms with E-state index in [1.807, 2.05) is 25.3 Å². The molecule has 0 aromatic carbocycles. The maximum absolute atomic E-state index is 12.5. The highest BCUT2D eigenvalue weighted by Gasteiger charge is 2.49. The molecule has 0 radical (unpaired) electrons. The summed E-state index contributed by atoms with van der Waals surface area (Å²) in [6.07, 6.45) is 5.79. The first-order valence-corrected chi connectivity index (χ1v) is 13.0. The van der Waals surface area contributed by atoms with Crippen molar-refractivity contribution in [2.75, 3.05) is 31.1 Å². The number of nitrogens with two attached hydrogens (primary N) is 1. The van der Waals surface area contributed by atoms with Gasteiger partial charge in [-0.05, 0) is 44.8 Å². The maximum atomic E-state index is 12.5. The number of nitrogens with one attached hydrogen (secondary N) is 1. The molecular weight excluding hydrogens is 462 g/mol. The average Bonchev–Trinajstić information content (AvgIpc) is 3.25. The van der Waals surface area contributed by atoms with E-state index in [-0.39, 0.29) is 34.8 Å². The van der Waals surface area contributed by atoms with Crippen LogP contribution in [-0.2, 0) is 14.4 Å². The Labute approximate surface area is 201 Å². The molecule has 5 aliphatic heterocycles. The molecule has 5 aliphatic rings. The van der Waals surface area contributed by atoms with Crippen LogP contribution in [0.15, 0.2) is 23.2 Å². The Kier molecular flexibility index (Phi) is 7.10. The van der Waals surface area contributed by atoms with Gasteiger partial charge in [-0.3, -0.25) is 14.5 Å². The number of aliphatic carboxylic acids is 1. The normalized spacial score (nSPS) is 30.4. The van der Waals surface area contributed by atoms with Gasteiger partial charge in [0.25, 0.3) is 5.91 Å². The number of carboxylic acid groups (broad SMARTS) is 1. The molecule has 0 spiro atoms. The summed E-state index contributed by atoms with van der Waals surface area (Å²) in [6.45, 7) is 7.03. The lowest BCUT2D eigenvalue weighted by Gasteiger charge is -2.47. The molecule has 6 heterocycles. The van der Waals surface area contributed by atoms with E-state index in [1.165, 1.54) is 42.2 Å². The first-order valence-electron chi connectivity index (χ1n) is 11.1. The largest absolute Gasteiger partial charge is 0.477 e. The molecule has 6 rings (SSSR count). The van der Waals surface area contributed by atoms with Gasteiger partial charge in [-0.15, -0.1) is 23.1 Å². The van der Waals surface area contributed by atoms with Gasteiger partial charge in [0.1, 0.15) is 5.70 Å². The molecular formula is C22H29N5O4S2. The third-order valence-electron chi connectivity index (χ3n) is 6.64. The number of piperidine rings is 3. The number of β-lactam (4-membered cyclic amide) rings is 1. The number of carbonyl (C=O) groups is 3. The number of thioether (sulfide) groups is 1. The first kappa shape index (κ1) is 23.8. The van der Waals surface area contributed by atoms with Crippen molar-refractivity contribution in [2.45, 2.75) is 38.1 Å². The Balaban J connectivity index is 0.000000172. The van der Waals surface area contributed by atoms with Gasteiger partial charge < -0.3 is 21.1 Å². The summed E-state index contributed by atoms with van der Waals surface area (Å²) >= 11 is 2.97. The van der Waals surface area contributed by atoms with Crippen molar-refractivity contribution in [1.82, 2.24) is 20.1 Å². The third kappa shape index (κ3) is 4.80. The zero-order valence-electron chi connectivity index (χ0n) is 18.7. The Morgan fingerprint density at radius 1 is 1.33 bits per heavy atom. The van der Waals surface area contributed by atoms with Crippen LogP contribution in [0.1, 0.15) is 32.4 Å².